The first-order chi connectivity index (χ1) is 11.2. The third-order valence-corrected chi connectivity index (χ3v) is 4.39. The summed E-state index contributed by atoms with van der Waals surface area (Å²) in [5.41, 5.74) is -0.789. The predicted octanol–water partition coefficient (Wildman–Crippen LogP) is 1.80. The molecule has 0 aromatic rings. The summed E-state index contributed by atoms with van der Waals surface area (Å²) in [5, 5.41) is 0. The van der Waals surface area contributed by atoms with E-state index in [9.17, 15) is 14.4 Å². The van der Waals surface area contributed by atoms with E-state index < -0.39 is 23.5 Å². The van der Waals surface area contributed by atoms with Crippen LogP contribution >= 0.6 is 0 Å². The van der Waals surface area contributed by atoms with Gasteiger partial charge in [-0.1, -0.05) is 13.0 Å². The number of rotatable bonds is 4. The molecule has 2 fully saturated rings. The summed E-state index contributed by atoms with van der Waals surface area (Å²) in [6, 6.07) is -0.432. The number of nitrogens with zero attached hydrogens (tertiary/aromatic N) is 2. The molecule has 0 bridgehead atoms. The fourth-order valence-corrected chi connectivity index (χ4v) is 3.36. The summed E-state index contributed by atoms with van der Waals surface area (Å²) >= 11 is 0. The molecule has 3 amide bonds. The van der Waals surface area contributed by atoms with E-state index in [-0.39, 0.29) is 24.8 Å². The molecule has 7 nitrogen and oxygen atoms in total. The Morgan fingerprint density at radius 3 is 2.58 bits per heavy atom. The molecule has 3 atom stereocenters. The van der Waals surface area contributed by atoms with Crippen molar-refractivity contribution in [1.82, 2.24) is 9.80 Å². The van der Waals surface area contributed by atoms with Gasteiger partial charge in [-0.05, 0) is 39.7 Å². The van der Waals surface area contributed by atoms with Crippen LogP contribution in [0.4, 0.5) is 9.59 Å². The smallest absolute Gasteiger partial charge is 0.417 e. The van der Waals surface area contributed by atoms with Gasteiger partial charge in [0, 0.05) is 0 Å². The van der Waals surface area contributed by atoms with Crippen molar-refractivity contribution in [3.63, 3.8) is 0 Å². The molecular formula is C16H23BN2O5. The molecule has 2 rings (SSSR count). The van der Waals surface area contributed by atoms with E-state index in [1.165, 1.54) is 11.0 Å². The minimum absolute atomic E-state index is 0.159. The number of carbonyl (C=O) groups is 3. The molecule has 0 aromatic heterocycles. The van der Waals surface area contributed by atoms with Gasteiger partial charge >= 0.3 is 6.09 Å². The van der Waals surface area contributed by atoms with Crippen molar-refractivity contribution < 1.29 is 23.9 Å². The van der Waals surface area contributed by atoms with Gasteiger partial charge in [0.15, 0.2) is 5.81 Å². The van der Waals surface area contributed by atoms with Gasteiger partial charge in [0.2, 0.25) is 7.85 Å². The highest BCUT2D eigenvalue weighted by Crippen LogP contribution is 2.35. The lowest BCUT2D eigenvalue weighted by Gasteiger charge is -2.33. The van der Waals surface area contributed by atoms with Crippen LogP contribution in [0.2, 0.25) is 0 Å². The van der Waals surface area contributed by atoms with Crippen LogP contribution in [-0.4, -0.2) is 66.0 Å². The van der Waals surface area contributed by atoms with Crippen LogP contribution in [0.25, 0.3) is 0 Å². The summed E-state index contributed by atoms with van der Waals surface area (Å²) in [5.74, 6) is -0.940. The number of cyclic esters (lactones) is 1. The van der Waals surface area contributed by atoms with Gasteiger partial charge in [0.1, 0.15) is 12.3 Å². The highest BCUT2D eigenvalue weighted by Gasteiger charge is 2.46. The Labute approximate surface area is 143 Å². The van der Waals surface area contributed by atoms with Gasteiger partial charge in [-0.15, -0.1) is 0 Å². The molecule has 0 aliphatic carbocycles. The van der Waals surface area contributed by atoms with Gasteiger partial charge < -0.3 is 14.4 Å². The summed E-state index contributed by atoms with van der Waals surface area (Å²) in [6.45, 7) is 7.49. The standard InChI is InChI=1S/C16H23BN2O5/c1-5-11-12(24-16(3,4)19(11)14(17)21)7-6-8-13(20)18-10(2)9-23-15(18)22/h6,8,10-12H,5,7,9H2,1-4H3/b8-6+/t10?,11-,12+/m0/s1. The molecule has 0 N–H and O–H groups in total. The quantitative estimate of drug-likeness (QED) is 0.579. The second-order valence-corrected chi connectivity index (χ2v) is 6.56. The van der Waals surface area contributed by atoms with E-state index in [2.05, 4.69) is 0 Å². The van der Waals surface area contributed by atoms with Crippen molar-refractivity contribution >= 4 is 25.7 Å². The molecule has 0 spiro atoms. The van der Waals surface area contributed by atoms with E-state index >= 15 is 0 Å². The van der Waals surface area contributed by atoms with E-state index in [4.69, 9.17) is 17.3 Å². The highest BCUT2D eigenvalue weighted by molar-refractivity contribution is 6.57. The van der Waals surface area contributed by atoms with Crippen LogP contribution in [0.5, 0.6) is 0 Å². The van der Waals surface area contributed by atoms with Crippen LogP contribution in [0.1, 0.15) is 40.5 Å². The Hall–Kier alpha value is -1.83. The maximum atomic E-state index is 12.1. The van der Waals surface area contributed by atoms with Crippen LogP contribution < -0.4 is 0 Å². The molecule has 1 unspecified atom stereocenters. The van der Waals surface area contributed by atoms with Gasteiger partial charge in [-0.3, -0.25) is 9.59 Å². The fraction of sp³-hybridized carbons (Fsp3) is 0.688. The number of hydrogen-bond acceptors (Lipinski definition) is 5. The number of imide groups is 1. The zero-order chi connectivity index (χ0) is 18.1. The van der Waals surface area contributed by atoms with E-state index in [1.807, 2.05) is 6.92 Å². The maximum absolute atomic E-state index is 12.1. The van der Waals surface area contributed by atoms with Crippen molar-refractivity contribution in [2.24, 2.45) is 0 Å². The molecule has 130 valence electrons. The normalized spacial score (nSPS) is 29.3. The third kappa shape index (κ3) is 3.48. The van der Waals surface area contributed by atoms with E-state index in [0.717, 1.165) is 4.90 Å². The zero-order valence-corrected chi connectivity index (χ0v) is 14.5. The average molecular weight is 334 g/mol. The predicted molar refractivity (Wildman–Crippen MR) is 87.4 cm³/mol. The average Bonchev–Trinajstić information content (AvgIpc) is 2.94. The number of ether oxygens (including phenoxy) is 2. The molecule has 24 heavy (non-hydrogen) atoms. The first-order valence-electron chi connectivity index (χ1n) is 8.12. The van der Waals surface area contributed by atoms with E-state index in [1.54, 1.807) is 26.8 Å². The molecule has 8 heteroatoms. The van der Waals surface area contributed by atoms with Crippen LogP contribution in [0, 0.1) is 0 Å². The molecule has 2 heterocycles. The Morgan fingerprint density at radius 2 is 2.08 bits per heavy atom. The van der Waals surface area contributed by atoms with E-state index in [0.29, 0.717) is 12.8 Å². The monoisotopic (exact) mass is 334 g/mol. The first-order valence-corrected chi connectivity index (χ1v) is 8.12. The third-order valence-electron chi connectivity index (χ3n) is 4.39. The lowest BCUT2D eigenvalue weighted by atomic mass is 9.99. The zero-order valence-electron chi connectivity index (χ0n) is 14.5. The molecule has 0 saturated carbocycles. The van der Waals surface area contributed by atoms with Gasteiger partial charge in [0.25, 0.3) is 5.91 Å². The second-order valence-electron chi connectivity index (χ2n) is 6.56. The minimum atomic E-state index is -0.789. The Balaban J connectivity index is 2.02. The Kier molecular flexibility index (Phi) is 5.37. The lowest BCUT2D eigenvalue weighted by Crippen LogP contribution is -2.47. The molecular weight excluding hydrogens is 311 g/mol. The summed E-state index contributed by atoms with van der Waals surface area (Å²) < 4.78 is 10.8. The van der Waals surface area contributed by atoms with Crippen LogP contribution in [-0.2, 0) is 14.3 Å². The van der Waals surface area contributed by atoms with Gasteiger partial charge in [-0.25, -0.2) is 9.69 Å². The Morgan fingerprint density at radius 1 is 1.42 bits per heavy atom. The lowest BCUT2D eigenvalue weighted by molar-refractivity contribution is -0.123. The van der Waals surface area contributed by atoms with Gasteiger partial charge in [0.05, 0.1) is 18.2 Å². The van der Waals surface area contributed by atoms with Gasteiger partial charge in [-0.2, -0.15) is 0 Å². The van der Waals surface area contributed by atoms with Crippen LogP contribution in [0.3, 0.4) is 0 Å². The second kappa shape index (κ2) is 6.97. The number of amides is 3. The number of carbonyl (C=O) groups excluding carboxylic acids is 3. The Bertz CT molecular complexity index is 563. The van der Waals surface area contributed by atoms with Crippen molar-refractivity contribution in [3.05, 3.63) is 12.2 Å². The largest absolute Gasteiger partial charge is 0.447 e. The first kappa shape index (κ1) is 18.5. The molecule has 2 radical (unpaired) electrons. The van der Waals surface area contributed by atoms with Crippen molar-refractivity contribution in [1.29, 1.82) is 0 Å². The minimum Gasteiger partial charge on any atom is -0.447 e. The number of hydrogen-bond donors (Lipinski definition) is 0. The van der Waals surface area contributed by atoms with Crippen molar-refractivity contribution in [2.45, 2.75) is 64.4 Å². The van der Waals surface area contributed by atoms with Crippen molar-refractivity contribution in [3.8, 4) is 0 Å². The molecule has 2 aliphatic heterocycles. The summed E-state index contributed by atoms with van der Waals surface area (Å²) in [7, 11) is 5.47. The molecule has 2 saturated heterocycles. The molecule has 0 aromatic carbocycles. The maximum Gasteiger partial charge on any atom is 0.417 e. The highest BCUT2D eigenvalue weighted by atomic mass is 16.6. The topological polar surface area (TPSA) is 76.2 Å². The van der Waals surface area contributed by atoms with Crippen LogP contribution in [0.15, 0.2) is 12.2 Å². The molecule has 2 aliphatic rings. The van der Waals surface area contributed by atoms with Crippen molar-refractivity contribution in [2.75, 3.05) is 6.61 Å². The summed E-state index contributed by atoms with van der Waals surface area (Å²) in [4.78, 5) is 37.9. The SMILES string of the molecule is [B]C(=O)N1[C@@H](CC)[C@@H](C/C=C/C(=O)N2C(=O)OCC2C)OC1(C)C. The summed E-state index contributed by atoms with van der Waals surface area (Å²) in [6.07, 6.45) is 3.25. The fourth-order valence-electron chi connectivity index (χ4n) is 3.36.